The molecule has 5 heteroatoms. The van der Waals surface area contributed by atoms with Gasteiger partial charge in [-0.3, -0.25) is 13.9 Å². The lowest BCUT2D eigenvalue weighted by molar-refractivity contribution is 0.125. The zero-order chi connectivity index (χ0) is 13.0. The highest BCUT2D eigenvalue weighted by Crippen LogP contribution is 1.98. The molecule has 0 radical (unpaired) electrons. The van der Waals surface area contributed by atoms with Gasteiger partial charge in [0.15, 0.2) is 0 Å². The standard InChI is InChI=1S/C13H14N2O3/c1-18-10-14-8-7-12(16)15(13(14)17)9-11-5-3-2-4-6-11/h2-8H,9-10H2,1H3. The van der Waals surface area contributed by atoms with Crippen LogP contribution < -0.4 is 11.2 Å². The molecule has 0 saturated carbocycles. The van der Waals surface area contributed by atoms with E-state index in [4.69, 9.17) is 4.74 Å². The van der Waals surface area contributed by atoms with Gasteiger partial charge in [0.05, 0.1) is 6.54 Å². The molecule has 0 fully saturated rings. The molecule has 0 aliphatic rings. The number of hydrogen-bond acceptors (Lipinski definition) is 3. The first-order valence-electron chi connectivity index (χ1n) is 5.55. The SMILES string of the molecule is COCn1ccc(=O)n(Cc2ccccc2)c1=O. The maximum atomic E-state index is 12.0. The summed E-state index contributed by atoms with van der Waals surface area (Å²) in [6.07, 6.45) is 1.44. The topological polar surface area (TPSA) is 53.2 Å². The van der Waals surface area contributed by atoms with Crippen LogP contribution in [0.1, 0.15) is 5.56 Å². The predicted molar refractivity (Wildman–Crippen MR) is 67.5 cm³/mol. The largest absolute Gasteiger partial charge is 0.364 e. The van der Waals surface area contributed by atoms with Crippen LogP contribution in [0.15, 0.2) is 52.2 Å². The van der Waals surface area contributed by atoms with E-state index in [-0.39, 0.29) is 24.5 Å². The van der Waals surface area contributed by atoms with E-state index in [0.717, 1.165) is 5.56 Å². The molecule has 0 atom stereocenters. The number of ether oxygens (including phenoxy) is 1. The molecule has 0 aliphatic heterocycles. The summed E-state index contributed by atoms with van der Waals surface area (Å²) in [5.74, 6) is 0. The molecule has 0 aliphatic carbocycles. The predicted octanol–water partition coefficient (Wildman–Crippen LogP) is 0.662. The monoisotopic (exact) mass is 246 g/mol. The third kappa shape index (κ3) is 2.57. The number of benzene rings is 1. The molecule has 1 aromatic heterocycles. The molecule has 0 bridgehead atoms. The van der Waals surface area contributed by atoms with Crippen molar-refractivity contribution in [3.05, 3.63) is 69.0 Å². The smallest absolute Gasteiger partial charge is 0.333 e. The van der Waals surface area contributed by atoms with Crippen molar-refractivity contribution < 1.29 is 4.74 Å². The van der Waals surface area contributed by atoms with Gasteiger partial charge in [-0.15, -0.1) is 0 Å². The second kappa shape index (κ2) is 5.46. The number of hydrogen-bond donors (Lipinski definition) is 0. The van der Waals surface area contributed by atoms with Crippen LogP contribution in [0, 0.1) is 0 Å². The third-order valence-corrected chi connectivity index (χ3v) is 2.59. The van der Waals surface area contributed by atoms with Crippen molar-refractivity contribution in [1.29, 1.82) is 0 Å². The Balaban J connectivity index is 2.41. The average molecular weight is 246 g/mol. The van der Waals surface area contributed by atoms with Gasteiger partial charge in [0.1, 0.15) is 6.73 Å². The Morgan fingerprint density at radius 3 is 2.50 bits per heavy atom. The molecule has 1 aromatic carbocycles. The quantitative estimate of drug-likeness (QED) is 0.796. The Kier molecular flexibility index (Phi) is 3.74. The Hall–Kier alpha value is -2.14. The minimum Gasteiger partial charge on any atom is -0.364 e. The van der Waals surface area contributed by atoms with Gasteiger partial charge >= 0.3 is 5.69 Å². The van der Waals surface area contributed by atoms with Gasteiger partial charge in [-0.05, 0) is 5.56 Å². The highest BCUT2D eigenvalue weighted by Gasteiger charge is 2.05. The van der Waals surface area contributed by atoms with Gasteiger partial charge in [0.25, 0.3) is 5.56 Å². The molecule has 0 unspecified atom stereocenters. The first kappa shape index (κ1) is 12.3. The summed E-state index contributed by atoms with van der Waals surface area (Å²) >= 11 is 0. The lowest BCUT2D eigenvalue weighted by Crippen LogP contribution is -2.39. The van der Waals surface area contributed by atoms with Crippen molar-refractivity contribution in [3.8, 4) is 0 Å². The lowest BCUT2D eigenvalue weighted by Gasteiger charge is -2.08. The molecular formula is C13H14N2O3. The molecule has 0 amide bonds. The Morgan fingerprint density at radius 1 is 1.11 bits per heavy atom. The van der Waals surface area contributed by atoms with Crippen molar-refractivity contribution in [2.24, 2.45) is 0 Å². The Morgan fingerprint density at radius 2 is 1.83 bits per heavy atom. The number of nitrogens with zero attached hydrogens (tertiary/aromatic N) is 2. The maximum absolute atomic E-state index is 12.0. The van der Waals surface area contributed by atoms with Crippen LogP contribution in [0.25, 0.3) is 0 Å². The Labute approximate surface area is 104 Å². The first-order chi connectivity index (χ1) is 8.72. The molecule has 5 nitrogen and oxygen atoms in total. The normalized spacial score (nSPS) is 10.5. The van der Waals surface area contributed by atoms with Crippen molar-refractivity contribution in [2.75, 3.05) is 7.11 Å². The molecule has 94 valence electrons. The summed E-state index contributed by atoms with van der Waals surface area (Å²) in [6, 6.07) is 10.7. The fraction of sp³-hybridized carbons (Fsp3) is 0.231. The highest BCUT2D eigenvalue weighted by atomic mass is 16.5. The van der Waals surface area contributed by atoms with Gasteiger partial charge in [0.2, 0.25) is 0 Å². The number of methoxy groups -OCH3 is 1. The van der Waals surface area contributed by atoms with Crippen molar-refractivity contribution in [2.45, 2.75) is 13.3 Å². The summed E-state index contributed by atoms with van der Waals surface area (Å²) in [5, 5.41) is 0. The molecule has 0 spiro atoms. The van der Waals surface area contributed by atoms with Crippen LogP contribution in [0.4, 0.5) is 0 Å². The molecule has 18 heavy (non-hydrogen) atoms. The molecule has 0 saturated heterocycles. The minimum absolute atomic E-state index is 0.133. The maximum Gasteiger partial charge on any atom is 0.333 e. The second-order valence-corrected chi connectivity index (χ2v) is 3.90. The fourth-order valence-corrected chi connectivity index (χ4v) is 1.71. The van der Waals surface area contributed by atoms with Crippen LogP contribution >= 0.6 is 0 Å². The van der Waals surface area contributed by atoms with E-state index < -0.39 is 0 Å². The van der Waals surface area contributed by atoms with Crippen molar-refractivity contribution in [1.82, 2.24) is 9.13 Å². The van der Waals surface area contributed by atoms with Gasteiger partial charge in [-0.2, -0.15) is 0 Å². The summed E-state index contributed by atoms with van der Waals surface area (Å²) < 4.78 is 7.44. The van der Waals surface area contributed by atoms with Gasteiger partial charge < -0.3 is 4.74 Å². The van der Waals surface area contributed by atoms with E-state index in [9.17, 15) is 9.59 Å². The van der Waals surface area contributed by atoms with Gasteiger partial charge in [-0.25, -0.2) is 4.79 Å². The van der Waals surface area contributed by atoms with Gasteiger partial charge in [-0.1, -0.05) is 30.3 Å². The lowest BCUT2D eigenvalue weighted by atomic mass is 10.2. The first-order valence-corrected chi connectivity index (χ1v) is 5.55. The van der Waals surface area contributed by atoms with E-state index in [1.165, 1.54) is 28.5 Å². The summed E-state index contributed by atoms with van der Waals surface area (Å²) in [6.45, 7) is 0.400. The molecule has 1 heterocycles. The van der Waals surface area contributed by atoms with Crippen LogP contribution in [0.5, 0.6) is 0 Å². The van der Waals surface area contributed by atoms with Gasteiger partial charge in [0, 0.05) is 19.4 Å². The summed E-state index contributed by atoms with van der Waals surface area (Å²) in [5.41, 5.74) is 0.233. The molecule has 0 N–H and O–H groups in total. The van der Waals surface area contributed by atoms with Crippen LogP contribution in [0.3, 0.4) is 0 Å². The number of aromatic nitrogens is 2. The van der Waals surface area contributed by atoms with E-state index in [2.05, 4.69) is 0 Å². The van der Waals surface area contributed by atoms with Crippen molar-refractivity contribution >= 4 is 0 Å². The van der Waals surface area contributed by atoms with E-state index in [1.807, 2.05) is 30.3 Å². The third-order valence-electron chi connectivity index (χ3n) is 2.59. The fourth-order valence-electron chi connectivity index (χ4n) is 1.71. The zero-order valence-corrected chi connectivity index (χ0v) is 10.1. The number of rotatable bonds is 4. The zero-order valence-electron chi connectivity index (χ0n) is 10.1. The molecular weight excluding hydrogens is 232 g/mol. The van der Waals surface area contributed by atoms with Crippen molar-refractivity contribution in [3.63, 3.8) is 0 Å². The summed E-state index contributed by atoms with van der Waals surface area (Å²) in [7, 11) is 1.50. The second-order valence-electron chi connectivity index (χ2n) is 3.90. The minimum atomic E-state index is -0.367. The Bertz CT molecular complexity index is 629. The summed E-state index contributed by atoms with van der Waals surface area (Å²) in [4.78, 5) is 23.7. The van der Waals surface area contributed by atoms with E-state index in [0.29, 0.717) is 0 Å². The van der Waals surface area contributed by atoms with Crippen LogP contribution in [-0.4, -0.2) is 16.2 Å². The van der Waals surface area contributed by atoms with Crippen LogP contribution in [0.2, 0.25) is 0 Å². The van der Waals surface area contributed by atoms with E-state index in [1.54, 1.807) is 0 Å². The molecule has 2 aromatic rings. The average Bonchev–Trinajstić information content (AvgIpc) is 2.39. The molecule has 2 rings (SSSR count). The van der Waals surface area contributed by atoms with Crippen LogP contribution in [-0.2, 0) is 18.0 Å². The van der Waals surface area contributed by atoms with E-state index >= 15 is 0 Å². The highest BCUT2D eigenvalue weighted by molar-refractivity contribution is 5.15.